The second-order valence-electron chi connectivity index (χ2n) is 5.75. The van der Waals surface area contributed by atoms with Crippen LogP contribution in [0.1, 0.15) is 34.9 Å². The van der Waals surface area contributed by atoms with Crippen molar-refractivity contribution in [1.82, 2.24) is 5.32 Å². The fourth-order valence-electron chi connectivity index (χ4n) is 3.46. The molecule has 2 nitrogen and oxygen atoms in total. The van der Waals surface area contributed by atoms with Gasteiger partial charge in [-0.05, 0) is 35.6 Å². The van der Waals surface area contributed by atoms with E-state index in [9.17, 15) is 0 Å². The number of ether oxygens (including phenoxy) is 1. The van der Waals surface area contributed by atoms with E-state index < -0.39 is 0 Å². The number of hydrogen-bond donors (Lipinski definition) is 1. The van der Waals surface area contributed by atoms with Crippen LogP contribution in [0.5, 0.6) is 0 Å². The molecule has 0 aliphatic carbocycles. The van der Waals surface area contributed by atoms with E-state index in [4.69, 9.17) is 4.74 Å². The maximum atomic E-state index is 5.38. The van der Waals surface area contributed by atoms with Crippen LogP contribution in [0.25, 0.3) is 0 Å². The van der Waals surface area contributed by atoms with Gasteiger partial charge in [0.15, 0.2) is 0 Å². The Morgan fingerprint density at radius 2 is 1.76 bits per heavy atom. The van der Waals surface area contributed by atoms with Gasteiger partial charge in [-0.2, -0.15) is 0 Å². The SMILES string of the molecule is COCc1ccccc1C1CCNCC1c1ccccc1. The largest absolute Gasteiger partial charge is 0.380 e. The highest BCUT2D eigenvalue weighted by atomic mass is 16.5. The van der Waals surface area contributed by atoms with E-state index in [1.807, 2.05) is 0 Å². The van der Waals surface area contributed by atoms with Gasteiger partial charge in [0.25, 0.3) is 0 Å². The van der Waals surface area contributed by atoms with Gasteiger partial charge in [0, 0.05) is 19.6 Å². The highest BCUT2D eigenvalue weighted by molar-refractivity contribution is 5.35. The van der Waals surface area contributed by atoms with Crippen LogP contribution < -0.4 is 5.32 Å². The van der Waals surface area contributed by atoms with Crippen molar-refractivity contribution >= 4 is 0 Å². The van der Waals surface area contributed by atoms with Gasteiger partial charge < -0.3 is 10.1 Å². The topological polar surface area (TPSA) is 21.3 Å². The molecule has 21 heavy (non-hydrogen) atoms. The number of nitrogens with one attached hydrogen (secondary N) is 1. The Labute approximate surface area is 127 Å². The summed E-state index contributed by atoms with van der Waals surface area (Å²) in [6.07, 6.45) is 1.18. The van der Waals surface area contributed by atoms with Crippen molar-refractivity contribution < 1.29 is 4.74 Å². The molecule has 2 aromatic carbocycles. The summed E-state index contributed by atoms with van der Waals surface area (Å²) in [6.45, 7) is 2.84. The lowest BCUT2D eigenvalue weighted by Crippen LogP contribution is -2.34. The van der Waals surface area contributed by atoms with Gasteiger partial charge in [-0.1, -0.05) is 54.6 Å². The molecule has 1 aliphatic heterocycles. The number of rotatable bonds is 4. The minimum absolute atomic E-state index is 0.540. The first-order valence-corrected chi connectivity index (χ1v) is 7.72. The van der Waals surface area contributed by atoms with Gasteiger partial charge in [-0.25, -0.2) is 0 Å². The zero-order valence-corrected chi connectivity index (χ0v) is 12.6. The first-order valence-electron chi connectivity index (χ1n) is 7.72. The van der Waals surface area contributed by atoms with Crippen molar-refractivity contribution in [2.45, 2.75) is 24.9 Å². The highest BCUT2D eigenvalue weighted by Gasteiger charge is 2.28. The molecule has 0 spiro atoms. The zero-order chi connectivity index (χ0) is 14.5. The Morgan fingerprint density at radius 1 is 1.00 bits per heavy atom. The average Bonchev–Trinajstić information content (AvgIpc) is 2.57. The van der Waals surface area contributed by atoms with Gasteiger partial charge in [-0.3, -0.25) is 0 Å². The van der Waals surface area contributed by atoms with Crippen molar-refractivity contribution in [3.8, 4) is 0 Å². The van der Waals surface area contributed by atoms with Gasteiger partial charge in [0.05, 0.1) is 6.61 Å². The lowest BCUT2D eigenvalue weighted by molar-refractivity contribution is 0.183. The molecule has 0 amide bonds. The molecule has 2 atom stereocenters. The monoisotopic (exact) mass is 281 g/mol. The molecule has 0 saturated carbocycles. The van der Waals surface area contributed by atoms with Crippen LogP contribution >= 0.6 is 0 Å². The molecular formula is C19H23NO. The Hall–Kier alpha value is -1.64. The Bertz CT molecular complexity index is 567. The predicted octanol–water partition coefficient (Wildman–Crippen LogP) is 3.69. The summed E-state index contributed by atoms with van der Waals surface area (Å²) < 4.78 is 5.38. The molecular weight excluding hydrogens is 258 g/mol. The summed E-state index contributed by atoms with van der Waals surface area (Å²) in [4.78, 5) is 0. The lowest BCUT2D eigenvalue weighted by Gasteiger charge is -2.34. The molecule has 110 valence electrons. The van der Waals surface area contributed by atoms with Crippen LogP contribution in [-0.2, 0) is 11.3 Å². The molecule has 2 unspecified atom stereocenters. The van der Waals surface area contributed by atoms with E-state index in [1.165, 1.54) is 23.1 Å². The van der Waals surface area contributed by atoms with Crippen LogP contribution in [0, 0.1) is 0 Å². The summed E-state index contributed by atoms with van der Waals surface area (Å²) in [6, 6.07) is 19.6. The quantitative estimate of drug-likeness (QED) is 0.922. The summed E-state index contributed by atoms with van der Waals surface area (Å²) in [7, 11) is 1.77. The fraction of sp³-hybridized carbons (Fsp3) is 0.368. The smallest absolute Gasteiger partial charge is 0.0715 e. The second kappa shape index (κ2) is 6.88. The van der Waals surface area contributed by atoms with Crippen LogP contribution in [0.4, 0.5) is 0 Å². The molecule has 0 bridgehead atoms. The summed E-state index contributed by atoms with van der Waals surface area (Å²) in [5.74, 6) is 1.11. The highest BCUT2D eigenvalue weighted by Crippen LogP contribution is 2.38. The molecule has 2 aromatic rings. The molecule has 1 aliphatic rings. The van der Waals surface area contributed by atoms with Crippen molar-refractivity contribution in [3.05, 3.63) is 71.3 Å². The van der Waals surface area contributed by atoms with Crippen LogP contribution in [0.3, 0.4) is 0 Å². The average molecular weight is 281 g/mol. The van der Waals surface area contributed by atoms with E-state index in [0.29, 0.717) is 18.4 Å². The van der Waals surface area contributed by atoms with Crippen molar-refractivity contribution in [3.63, 3.8) is 0 Å². The third kappa shape index (κ3) is 3.17. The third-order valence-corrected chi connectivity index (χ3v) is 4.46. The summed E-state index contributed by atoms with van der Waals surface area (Å²) in [5, 5.41) is 3.55. The number of methoxy groups -OCH3 is 1. The van der Waals surface area contributed by atoms with Crippen molar-refractivity contribution in [2.75, 3.05) is 20.2 Å². The Balaban J connectivity index is 1.95. The standard InChI is InChI=1S/C19H23NO/c1-21-14-16-9-5-6-10-17(16)18-11-12-20-13-19(18)15-7-3-2-4-8-15/h2-10,18-20H,11-14H2,1H3. The molecule has 0 radical (unpaired) electrons. The van der Waals surface area contributed by atoms with Gasteiger partial charge >= 0.3 is 0 Å². The van der Waals surface area contributed by atoms with Crippen LogP contribution in [0.2, 0.25) is 0 Å². The number of piperidine rings is 1. The number of benzene rings is 2. The summed E-state index contributed by atoms with van der Waals surface area (Å²) >= 11 is 0. The molecule has 3 rings (SSSR count). The molecule has 2 heteroatoms. The van der Waals surface area contributed by atoms with Gasteiger partial charge in [-0.15, -0.1) is 0 Å². The Kier molecular flexibility index (Phi) is 4.69. The molecule has 0 aromatic heterocycles. The normalized spacial score (nSPS) is 22.1. The molecule has 1 saturated heterocycles. The predicted molar refractivity (Wildman–Crippen MR) is 86.6 cm³/mol. The zero-order valence-electron chi connectivity index (χ0n) is 12.6. The second-order valence-corrected chi connectivity index (χ2v) is 5.75. The summed E-state index contributed by atoms with van der Waals surface area (Å²) in [5.41, 5.74) is 4.21. The minimum Gasteiger partial charge on any atom is -0.380 e. The van der Waals surface area contributed by atoms with E-state index in [-0.39, 0.29) is 0 Å². The molecule has 1 heterocycles. The van der Waals surface area contributed by atoms with E-state index in [0.717, 1.165) is 13.1 Å². The molecule has 1 N–H and O–H groups in total. The minimum atomic E-state index is 0.540. The van der Waals surface area contributed by atoms with Crippen LogP contribution in [-0.4, -0.2) is 20.2 Å². The maximum Gasteiger partial charge on any atom is 0.0715 e. The van der Waals surface area contributed by atoms with E-state index >= 15 is 0 Å². The first kappa shape index (κ1) is 14.3. The van der Waals surface area contributed by atoms with E-state index in [2.05, 4.69) is 59.9 Å². The van der Waals surface area contributed by atoms with Crippen molar-refractivity contribution in [2.24, 2.45) is 0 Å². The number of hydrogen-bond acceptors (Lipinski definition) is 2. The van der Waals surface area contributed by atoms with Crippen molar-refractivity contribution in [1.29, 1.82) is 0 Å². The fourth-order valence-corrected chi connectivity index (χ4v) is 3.46. The van der Waals surface area contributed by atoms with Gasteiger partial charge in [0.2, 0.25) is 0 Å². The molecule has 1 fully saturated rings. The third-order valence-electron chi connectivity index (χ3n) is 4.46. The van der Waals surface area contributed by atoms with Gasteiger partial charge in [0.1, 0.15) is 0 Å². The Morgan fingerprint density at radius 3 is 2.57 bits per heavy atom. The lowest BCUT2D eigenvalue weighted by atomic mass is 9.76. The van der Waals surface area contributed by atoms with E-state index in [1.54, 1.807) is 7.11 Å². The first-order chi connectivity index (χ1) is 10.4. The van der Waals surface area contributed by atoms with Crippen LogP contribution in [0.15, 0.2) is 54.6 Å². The maximum absolute atomic E-state index is 5.38.